The van der Waals surface area contributed by atoms with E-state index in [0.29, 0.717) is 6.42 Å². The summed E-state index contributed by atoms with van der Waals surface area (Å²) in [5.74, 6) is 0.211. The lowest BCUT2D eigenvalue weighted by atomic mass is 9.88. The molecule has 3 nitrogen and oxygen atoms in total. The molecule has 3 heteroatoms. The van der Waals surface area contributed by atoms with E-state index in [4.69, 9.17) is 4.42 Å². The van der Waals surface area contributed by atoms with Crippen LogP contribution in [0, 0.1) is 0 Å². The van der Waals surface area contributed by atoms with Gasteiger partial charge in [0.15, 0.2) is 0 Å². The van der Waals surface area contributed by atoms with Crippen molar-refractivity contribution in [3.63, 3.8) is 0 Å². The Morgan fingerprint density at radius 3 is 2.62 bits per heavy atom. The Kier molecular flexibility index (Phi) is 2.78. The van der Waals surface area contributed by atoms with E-state index in [1.807, 2.05) is 36.4 Å². The summed E-state index contributed by atoms with van der Waals surface area (Å²) in [7, 11) is 0. The maximum Gasteiger partial charge on any atom is 0.221 e. The third kappa shape index (κ3) is 2.02. The number of benzene rings is 2. The van der Waals surface area contributed by atoms with Crippen LogP contribution in [0.1, 0.15) is 29.5 Å². The largest absolute Gasteiger partial charge is 0.464 e. The highest BCUT2D eigenvalue weighted by molar-refractivity contribution is 5.86. The molecule has 4 rings (SSSR count). The first-order valence-electron chi connectivity index (χ1n) is 7.13. The number of amides is 1. The number of nitrogens with one attached hydrogen (secondary N) is 1. The molecule has 1 aliphatic rings. The number of hydrogen-bond acceptors (Lipinski definition) is 2. The number of rotatable bonds is 2. The molecule has 3 aromatic rings. The van der Waals surface area contributed by atoms with Crippen LogP contribution in [0.15, 0.2) is 65.3 Å². The number of furan rings is 1. The van der Waals surface area contributed by atoms with Gasteiger partial charge in [-0.25, -0.2) is 0 Å². The Labute approximate surface area is 122 Å². The maximum absolute atomic E-state index is 11.9. The van der Waals surface area contributed by atoms with E-state index in [-0.39, 0.29) is 17.9 Å². The van der Waals surface area contributed by atoms with E-state index in [2.05, 4.69) is 23.5 Å². The number of hydrogen-bond donors (Lipinski definition) is 1. The number of carbonyl (C=O) groups is 1. The Bertz CT molecular complexity index is 791. The Hall–Kier alpha value is -2.55. The molecule has 1 N–H and O–H groups in total. The van der Waals surface area contributed by atoms with E-state index in [1.165, 1.54) is 0 Å². The van der Waals surface area contributed by atoms with Crippen LogP contribution >= 0.6 is 0 Å². The van der Waals surface area contributed by atoms with Crippen molar-refractivity contribution in [3.8, 4) is 0 Å². The summed E-state index contributed by atoms with van der Waals surface area (Å²) >= 11 is 0. The maximum atomic E-state index is 11.9. The molecule has 0 saturated carbocycles. The summed E-state index contributed by atoms with van der Waals surface area (Å²) in [4.78, 5) is 11.9. The molecule has 1 fully saturated rings. The van der Waals surface area contributed by atoms with Gasteiger partial charge < -0.3 is 9.73 Å². The molecule has 0 aliphatic carbocycles. The van der Waals surface area contributed by atoms with Gasteiger partial charge in [-0.3, -0.25) is 4.79 Å². The van der Waals surface area contributed by atoms with Crippen molar-refractivity contribution in [1.29, 1.82) is 0 Å². The summed E-state index contributed by atoms with van der Waals surface area (Å²) in [6.07, 6.45) is 2.30. The van der Waals surface area contributed by atoms with E-state index in [0.717, 1.165) is 22.1 Å². The van der Waals surface area contributed by atoms with Gasteiger partial charge in [0.1, 0.15) is 5.58 Å². The van der Waals surface area contributed by atoms with Crippen molar-refractivity contribution in [1.82, 2.24) is 5.32 Å². The fraction of sp³-hybridized carbons (Fsp3) is 0.167. The normalized spacial score (nSPS) is 21.6. The monoisotopic (exact) mass is 277 g/mol. The fourth-order valence-electron chi connectivity index (χ4n) is 3.20. The lowest BCUT2D eigenvalue weighted by molar-refractivity contribution is -0.119. The molecule has 0 bridgehead atoms. The molecular formula is C18H15NO2. The zero-order valence-corrected chi connectivity index (χ0v) is 11.5. The zero-order valence-electron chi connectivity index (χ0n) is 11.5. The highest BCUT2D eigenvalue weighted by Gasteiger charge is 2.36. The first-order chi connectivity index (χ1) is 10.3. The van der Waals surface area contributed by atoms with Gasteiger partial charge in [0.05, 0.1) is 12.3 Å². The molecule has 21 heavy (non-hydrogen) atoms. The van der Waals surface area contributed by atoms with Crippen molar-refractivity contribution in [2.24, 2.45) is 0 Å². The van der Waals surface area contributed by atoms with Gasteiger partial charge in [-0.1, -0.05) is 48.5 Å². The quantitative estimate of drug-likeness (QED) is 0.774. The van der Waals surface area contributed by atoms with E-state index in [9.17, 15) is 4.79 Å². The average molecular weight is 277 g/mol. The summed E-state index contributed by atoms with van der Waals surface area (Å²) in [5, 5.41) is 4.19. The molecule has 1 amide bonds. The number of fused-ring (bicyclic) bond motifs is 1. The van der Waals surface area contributed by atoms with Gasteiger partial charge in [0.2, 0.25) is 5.91 Å². The summed E-state index contributed by atoms with van der Waals surface area (Å²) in [6, 6.07) is 18.1. The minimum Gasteiger partial charge on any atom is -0.464 e. The van der Waals surface area contributed by atoms with Gasteiger partial charge in [0, 0.05) is 23.3 Å². The number of carbonyl (C=O) groups excluding carboxylic acids is 1. The highest BCUT2D eigenvalue weighted by Crippen LogP contribution is 2.41. The SMILES string of the molecule is O=C1CC(c2coc3ccccc23)C(c2ccccc2)N1. The second-order valence-corrected chi connectivity index (χ2v) is 5.45. The van der Waals surface area contributed by atoms with Gasteiger partial charge in [-0.2, -0.15) is 0 Å². The first kappa shape index (κ1) is 12.2. The lowest BCUT2D eigenvalue weighted by Crippen LogP contribution is -2.20. The molecule has 2 aromatic carbocycles. The van der Waals surface area contributed by atoms with Crippen molar-refractivity contribution < 1.29 is 9.21 Å². The minimum absolute atomic E-state index is 0.0136. The van der Waals surface area contributed by atoms with E-state index in [1.54, 1.807) is 6.26 Å². The predicted octanol–water partition coefficient (Wildman–Crippen LogP) is 3.78. The molecule has 2 heterocycles. The van der Waals surface area contributed by atoms with Gasteiger partial charge in [-0.05, 0) is 11.6 Å². The Balaban J connectivity index is 1.80. The Morgan fingerprint density at radius 1 is 1.00 bits per heavy atom. The minimum atomic E-state index is 0.0136. The van der Waals surface area contributed by atoms with Crippen molar-refractivity contribution >= 4 is 16.9 Å². The molecule has 2 atom stereocenters. The smallest absolute Gasteiger partial charge is 0.221 e. The third-order valence-electron chi connectivity index (χ3n) is 4.19. The molecule has 104 valence electrons. The van der Waals surface area contributed by atoms with Crippen LogP contribution in [0.5, 0.6) is 0 Å². The molecule has 1 saturated heterocycles. The second kappa shape index (κ2) is 4.77. The van der Waals surface area contributed by atoms with Crippen molar-refractivity contribution in [2.75, 3.05) is 0 Å². The van der Waals surface area contributed by atoms with Crippen LogP contribution < -0.4 is 5.32 Å². The molecule has 0 spiro atoms. The highest BCUT2D eigenvalue weighted by atomic mass is 16.3. The zero-order chi connectivity index (χ0) is 14.2. The molecule has 1 aromatic heterocycles. The van der Waals surface area contributed by atoms with Crippen LogP contribution in [0.25, 0.3) is 11.0 Å². The van der Waals surface area contributed by atoms with E-state index < -0.39 is 0 Å². The predicted molar refractivity (Wildman–Crippen MR) is 80.9 cm³/mol. The summed E-state index contributed by atoms with van der Waals surface area (Å²) in [6.45, 7) is 0. The van der Waals surface area contributed by atoms with Gasteiger partial charge in [0.25, 0.3) is 0 Å². The van der Waals surface area contributed by atoms with Crippen LogP contribution in [0.2, 0.25) is 0 Å². The molecule has 0 radical (unpaired) electrons. The second-order valence-electron chi connectivity index (χ2n) is 5.45. The lowest BCUT2D eigenvalue weighted by Gasteiger charge is -2.18. The van der Waals surface area contributed by atoms with Crippen LogP contribution in [-0.4, -0.2) is 5.91 Å². The third-order valence-corrected chi connectivity index (χ3v) is 4.19. The average Bonchev–Trinajstić information content (AvgIpc) is 3.11. The van der Waals surface area contributed by atoms with Crippen LogP contribution in [0.4, 0.5) is 0 Å². The molecule has 2 unspecified atom stereocenters. The summed E-state index contributed by atoms with van der Waals surface area (Å²) < 4.78 is 5.64. The van der Waals surface area contributed by atoms with E-state index >= 15 is 0 Å². The molecule has 1 aliphatic heterocycles. The topological polar surface area (TPSA) is 42.2 Å². The van der Waals surface area contributed by atoms with Crippen LogP contribution in [-0.2, 0) is 4.79 Å². The fourth-order valence-corrected chi connectivity index (χ4v) is 3.20. The van der Waals surface area contributed by atoms with Gasteiger partial charge in [-0.15, -0.1) is 0 Å². The number of para-hydroxylation sites is 1. The summed E-state index contributed by atoms with van der Waals surface area (Å²) in [5.41, 5.74) is 3.12. The molecular weight excluding hydrogens is 262 g/mol. The standard InChI is InChI=1S/C18H15NO2/c20-17-10-14(18(19-17)12-6-2-1-3-7-12)15-11-21-16-9-5-4-8-13(15)16/h1-9,11,14,18H,10H2,(H,19,20). The van der Waals surface area contributed by atoms with Crippen LogP contribution in [0.3, 0.4) is 0 Å². The van der Waals surface area contributed by atoms with Crippen molar-refractivity contribution in [3.05, 3.63) is 72.0 Å². The first-order valence-corrected chi connectivity index (χ1v) is 7.13. The van der Waals surface area contributed by atoms with Crippen molar-refractivity contribution in [2.45, 2.75) is 18.4 Å². The van der Waals surface area contributed by atoms with Gasteiger partial charge >= 0.3 is 0 Å². The Morgan fingerprint density at radius 2 is 1.76 bits per heavy atom.